The third kappa shape index (κ3) is 4.32. The third-order valence-electron chi connectivity index (χ3n) is 4.89. The molecule has 0 spiro atoms. The van der Waals surface area contributed by atoms with Crippen LogP contribution < -0.4 is 0 Å². The van der Waals surface area contributed by atoms with Crippen LogP contribution in [0.4, 0.5) is 4.79 Å². The van der Waals surface area contributed by atoms with Crippen molar-refractivity contribution in [2.75, 3.05) is 20.1 Å². The Labute approximate surface area is 149 Å². The Morgan fingerprint density at radius 2 is 1.88 bits per heavy atom. The number of carbonyl (C=O) groups excluding carboxylic acids is 1. The number of fused-ring (bicyclic) bond motifs is 1. The molecule has 1 aromatic carbocycles. The maximum atomic E-state index is 12.2. The van der Waals surface area contributed by atoms with Crippen molar-refractivity contribution in [3.63, 3.8) is 0 Å². The van der Waals surface area contributed by atoms with Gasteiger partial charge in [-0.05, 0) is 38.2 Å². The molecule has 1 saturated heterocycles. The van der Waals surface area contributed by atoms with Gasteiger partial charge in [-0.25, -0.2) is 4.79 Å². The summed E-state index contributed by atoms with van der Waals surface area (Å²) in [6.07, 6.45) is -1.18. The molecule has 1 aliphatic heterocycles. The maximum Gasteiger partial charge on any atom is 0.410 e. The van der Waals surface area contributed by atoms with Crippen LogP contribution in [0.1, 0.15) is 26.3 Å². The van der Waals surface area contributed by atoms with E-state index < -0.39 is 6.41 Å². The predicted octanol–water partition coefficient (Wildman–Crippen LogP) is 2.28. The normalized spacial score (nSPS) is 26.8. The summed E-state index contributed by atoms with van der Waals surface area (Å²) in [5, 5.41) is 10.2. The van der Waals surface area contributed by atoms with Crippen LogP contribution in [-0.4, -0.2) is 59.2 Å². The predicted molar refractivity (Wildman–Crippen MR) is 93.6 cm³/mol. The third-order valence-corrected chi connectivity index (χ3v) is 4.89. The Hall–Kier alpha value is -1.63. The van der Waals surface area contributed by atoms with Gasteiger partial charge in [-0.2, -0.15) is 0 Å². The van der Waals surface area contributed by atoms with Crippen molar-refractivity contribution in [2.24, 2.45) is 11.8 Å². The summed E-state index contributed by atoms with van der Waals surface area (Å²) >= 11 is 0. The maximum absolute atomic E-state index is 12.2. The van der Waals surface area contributed by atoms with Gasteiger partial charge >= 0.3 is 6.09 Å². The smallest absolute Gasteiger partial charge is 0.410 e. The first-order chi connectivity index (χ1) is 11.8. The number of ether oxygens (including phenoxy) is 2. The minimum atomic E-state index is -0.885. The zero-order chi connectivity index (χ0) is 18.2. The number of aliphatic hydroxyl groups is 1. The van der Waals surface area contributed by atoms with E-state index in [0.717, 1.165) is 18.7 Å². The van der Waals surface area contributed by atoms with E-state index in [4.69, 9.17) is 9.47 Å². The number of hydrogen-bond acceptors (Lipinski definition) is 5. The second-order valence-electron chi connectivity index (χ2n) is 7.98. The number of amides is 1. The molecule has 2 aliphatic rings. The standard InChI is InChI=1S/C19H28N2O4/c1-19(2,3)25-18(23)21-10-14-15(11-21)16(14)20(4)17(22)24-12-13-8-6-5-7-9-13/h5-9,14-16,18,23H,10-12H2,1-4H3/t14-,15+,16?,18?. The van der Waals surface area contributed by atoms with Crippen LogP contribution in [0.2, 0.25) is 0 Å². The Balaban J connectivity index is 1.44. The molecule has 0 bridgehead atoms. The first kappa shape index (κ1) is 18.2. The van der Waals surface area contributed by atoms with Crippen molar-refractivity contribution < 1.29 is 19.4 Å². The quantitative estimate of drug-likeness (QED) is 0.827. The molecular weight excluding hydrogens is 320 g/mol. The molecule has 0 radical (unpaired) electrons. The van der Waals surface area contributed by atoms with Gasteiger partial charge in [-0.15, -0.1) is 0 Å². The molecule has 1 saturated carbocycles. The van der Waals surface area contributed by atoms with E-state index in [0.29, 0.717) is 11.8 Å². The molecule has 138 valence electrons. The number of nitrogens with zero attached hydrogens (tertiary/aromatic N) is 2. The molecule has 4 atom stereocenters. The van der Waals surface area contributed by atoms with Crippen molar-refractivity contribution in [2.45, 2.75) is 45.4 Å². The number of piperidine rings is 1. The zero-order valence-electron chi connectivity index (χ0n) is 15.4. The topological polar surface area (TPSA) is 62.2 Å². The largest absolute Gasteiger partial charge is 0.445 e. The van der Waals surface area contributed by atoms with E-state index in [2.05, 4.69) is 0 Å². The van der Waals surface area contributed by atoms with E-state index in [-0.39, 0.29) is 24.3 Å². The highest BCUT2D eigenvalue weighted by Gasteiger charge is 2.60. The summed E-state index contributed by atoms with van der Waals surface area (Å²) in [6, 6.07) is 9.87. The first-order valence-corrected chi connectivity index (χ1v) is 8.80. The van der Waals surface area contributed by atoms with Crippen LogP contribution in [0, 0.1) is 11.8 Å². The molecule has 1 N–H and O–H groups in total. The van der Waals surface area contributed by atoms with Crippen molar-refractivity contribution >= 4 is 6.09 Å². The van der Waals surface area contributed by atoms with Gasteiger partial charge in [0.15, 0.2) is 0 Å². The molecule has 3 rings (SSSR count). The van der Waals surface area contributed by atoms with Gasteiger partial charge in [0.1, 0.15) is 6.61 Å². The highest BCUT2D eigenvalue weighted by molar-refractivity contribution is 5.68. The van der Waals surface area contributed by atoms with Gasteiger partial charge in [-0.3, -0.25) is 4.90 Å². The summed E-state index contributed by atoms with van der Waals surface area (Å²) < 4.78 is 11.0. The van der Waals surface area contributed by atoms with Crippen molar-refractivity contribution in [1.29, 1.82) is 0 Å². The lowest BCUT2D eigenvalue weighted by Gasteiger charge is -2.31. The summed E-state index contributed by atoms with van der Waals surface area (Å²) in [7, 11) is 1.79. The molecule has 6 heteroatoms. The van der Waals surface area contributed by atoms with Crippen LogP contribution >= 0.6 is 0 Å². The zero-order valence-corrected chi connectivity index (χ0v) is 15.4. The molecule has 1 aromatic rings. The number of carbonyl (C=O) groups is 1. The number of hydrogen-bond donors (Lipinski definition) is 1. The van der Waals surface area contributed by atoms with Gasteiger partial charge in [-0.1, -0.05) is 30.3 Å². The number of likely N-dealkylation sites (tertiary alicyclic amines) is 1. The number of rotatable bonds is 5. The fourth-order valence-corrected chi connectivity index (χ4v) is 3.62. The highest BCUT2D eigenvalue weighted by atomic mass is 16.6. The molecule has 6 nitrogen and oxygen atoms in total. The SMILES string of the molecule is CN(C(=O)OCc1ccccc1)C1[C@H]2CN(C(O)OC(C)(C)C)C[C@@H]12. The minimum absolute atomic E-state index is 0.196. The highest BCUT2D eigenvalue weighted by Crippen LogP contribution is 2.49. The van der Waals surface area contributed by atoms with E-state index >= 15 is 0 Å². The second-order valence-corrected chi connectivity index (χ2v) is 7.98. The Morgan fingerprint density at radius 1 is 1.28 bits per heavy atom. The molecule has 1 heterocycles. The minimum Gasteiger partial charge on any atom is -0.445 e. The second kappa shape index (κ2) is 6.94. The van der Waals surface area contributed by atoms with Gasteiger partial charge in [0.05, 0.1) is 5.60 Å². The lowest BCUT2D eigenvalue weighted by Crippen LogP contribution is -2.44. The molecule has 2 fully saturated rings. The fourth-order valence-electron chi connectivity index (χ4n) is 3.62. The number of benzene rings is 1. The van der Waals surface area contributed by atoms with Crippen LogP contribution in [0.3, 0.4) is 0 Å². The molecule has 2 unspecified atom stereocenters. The monoisotopic (exact) mass is 348 g/mol. The van der Waals surface area contributed by atoms with Gasteiger partial charge in [0.25, 0.3) is 0 Å². The van der Waals surface area contributed by atoms with E-state index in [1.54, 1.807) is 11.9 Å². The Kier molecular flexibility index (Phi) is 5.04. The molecule has 25 heavy (non-hydrogen) atoms. The van der Waals surface area contributed by atoms with Crippen LogP contribution in [0.5, 0.6) is 0 Å². The first-order valence-electron chi connectivity index (χ1n) is 8.80. The number of aliphatic hydroxyl groups excluding tert-OH is 1. The van der Waals surface area contributed by atoms with Gasteiger partial charge in [0.2, 0.25) is 6.41 Å². The summed E-state index contributed by atoms with van der Waals surface area (Å²) in [5.74, 6) is 0.764. The van der Waals surface area contributed by atoms with Crippen molar-refractivity contribution in [1.82, 2.24) is 9.80 Å². The average molecular weight is 348 g/mol. The van der Waals surface area contributed by atoms with Crippen molar-refractivity contribution in [3.05, 3.63) is 35.9 Å². The van der Waals surface area contributed by atoms with Crippen LogP contribution in [-0.2, 0) is 16.1 Å². The molecular formula is C19H28N2O4. The van der Waals surface area contributed by atoms with Crippen LogP contribution in [0.25, 0.3) is 0 Å². The lowest BCUT2D eigenvalue weighted by molar-refractivity contribution is -0.236. The lowest BCUT2D eigenvalue weighted by atomic mass is 10.2. The summed E-state index contributed by atoms with van der Waals surface area (Å²) in [5.41, 5.74) is 0.595. The molecule has 1 aliphatic carbocycles. The van der Waals surface area contributed by atoms with Crippen LogP contribution in [0.15, 0.2) is 30.3 Å². The van der Waals surface area contributed by atoms with Gasteiger partial charge < -0.3 is 19.5 Å². The summed E-state index contributed by atoms with van der Waals surface area (Å²) in [4.78, 5) is 15.9. The van der Waals surface area contributed by atoms with E-state index in [1.807, 2.05) is 56.0 Å². The fraction of sp³-hybridized carbons (Fsp3) is 0.632. The average Bonchev–Trinajstić information content (AvgIpc) is 3.04. The van der Waals surface area contributed by atoms with Crippen molar-refractivity contribution in [3.8, 4) is 0 Å². The van der Waals surface area contributed by atoms with E-state index in [9.17, 15) is 9.90 Å². The molecule has 0 aromatic heterocycles. The van der Waals surface area contributed by atoms with E-state index in [1.165, 1.54) is 0 Å². The summed E-state index contributed by atoms with van der Waals surface area (Å²) in [6.45, 7) is 7.53. The Morgan fingerprint density at radius 3 is 2.44 bits per heavy atom. The molecule has 1 amide bonds. The van der Waals surface area contributed by atoms with Gasteiger partial charge in [0, 0.05) is 26.2 Å². The Bertz CT molecular complexity index is 589.